The third-order valence-electron chi connectivity index (χ3n) is 2.88. The van der Waals surface area contributed by atoms with Crippen LogP contribution in [0.1, 0.15) is 26.5 Å². The van der Waals surface area contributed by atoms with E-state index in [2.05, 4.69) is 10.6 Å². The number of furan rings is 1. The lowest BCUT2D eigenvalue weighted by atomic mass is 10.2. The van der Waals surface area contributed by atoms with Gasteiger partial charge >= 0.3 is 0 Å². The highest BCUT2D eigenvalue weighted by atomic mass is 16.3. The minimum absolute atomic E-state index is 0.00566. The number of nitrogens with one attached hydrogen (secondary N) is 2. The summed E-state index contributed by atoms with van der Waals surface area (Å²) in [4.78, 5) is 11.7. The number of carbonyl (C=O) groups is 1. The standard InChI is InChI=1S/C15H20N2O2/c1-10(2)17-15(18)11(3)16-9-13-8-12-6-4-5-7-14(12)19-13/h4-8,10-11,16H,9H2,1-3H3,(H,17,18). The molecule has 0 aliphatic heterocycles. The predicted octanol–water partition coefficient (Wildman–Crippen LogP) is 2.44. The Labute approximate surface area is 113 Å². The maximum absolute atomic E-state index is 11.7. The molecule has 1 amide bonds. The lowest BCUT2D eigenvalue weighted by Crippen LogP contribution is -2.44. The van der Waals surface area contributed by atoms with Gasteiger partial charge in [-0.15, -0.1) is 0 Å². The number of hydrogen-bond donors (Lipinski definition) is 2. The summed E-state index contributed by atoms with van der Waals surface area (Å²) in [5.41, 5.74) is 0.874. The van der Waals surface area contributed by atoms with Gasteiger partial charge in [0.25, 0.3) is 0 Å². The Balaban J connectivity index is 1.93. The van der Waals surface area contributed by atoms with Crippen LogP contribution in [0.15, 0.2) is 34.7 Å². The summed E-state index contributed by atoms with van der Waals surface area (Å²) in [6, 6.07) is 9.79. The number of benzene rings is 1. The monoisotopic (exact) mass is 260 g/mol. The first-order valence-corrected chi connectivity index (χ1v) is 6.57. The van der Waals surface area contributed by atoms with Crippen LogP contribution in [0, 0.1) is 0 Å². The molecule has 0 bridgehead atoms. The van der Waals surface area contributed by atoms with Crippen LogP contribution < -0.4 is 10.6 Å². The van der Waals surface area contributed by atoms with Gasteiger partial charge in [0.1, 0.15) is 11.3 Å². The van der Waals surface area contributed by atoms with E-state index in [0.717, 1.165) is 16.7 Å². The lowest BCUT2D eigenvalue weighted by molar-refractivity contribution is -0.123. The van der Waals surface area contributed by atoms with E-state index in [1.54, 1.807) is 0 Å². The van der Waals surface area contributed by atoms with E-state index in [4.69, 9.17) is 4.42 Å². The quantitative estimate of drug-likeness (QED) is 0.868. The fraction of sp³-hybridized carbons (Fsp3) is 0.400. The Morgan fingerprint density at radius 2 is 2.00 bits per heavy atom. The maximum Gasteiger partial charge on any atom is 0.237 e. The van der Waals surface area contributed by atoms with Crippen molar-refractivity contribution in [2.45, 2.75) is 39.4 Å². The molecular weight excluding hydrogens is 240 g/mol. The van der Waals surface area contributed by atoms with E-state index in [9.17, 15) is 4.79 Å². The first-order valence-electron chi connectivity index (χ1n) is 6.57. The Hall–Kier alpha value is -1.81. The number of para-hydroxylation sites is 1. The van der Waals surface area contributed by atoms with Crippen molar-refractivity contribution in [3.63, 3.8) is 0 Å². The van der Waals surface area contributed by atoms with Crippen LogP contribution in [-0.4, -0.2) is 18.0 Å². The summed E-state index contributed by atoms with van der Waals surface area (Å²) in [5.74, 6) is 0.844. The van der Waals surface area contributed by atoms with Gasteiger partial charge in [0.2, 0.25) is 5.91 Å². The largest absolute Gasteiger partial charge is 0.460 e. The summed E-state index contributed by atoms with van der Waals surface area (Å²) < 4.78 is 5.69. The average Bonchev–Trinajstić information content (AvgIpc) is 2.77. The van der Waals surface area contributed by atoms with Gasteiger partial charge in [-0.2, -0.15) is 0 Å². The van der Waals surface area contributed by atoms with Crippen LogP contribution >= 0.6 is 0 Å². The molecule has 102 valence electrons. The Morgan fingerprint density at radius 3 is 2.68 bits per heavy atom. The number of rotatable bonds is 5. The van der Waals surface area contributed by atoms with Gasteiger partial charge < -0.3 is 9.73 Å². The van der Waals surface area contributed by atoms with Gasteiger partial charge in [-0.25, -0.2) is 0 Å². The van der Waals surface area contributed by atoms with Crippen LogP contribution in [0.3, 0.4) is 0 Å². The zero-order valence-corrected chi connectivity index (χ0v) is 11.6. The second-order valence-corrected chi connectivity index (χ2v) is 5.02. The number of fused-ring (bicyclic) bond motifs is 1. The van der Waals surface area contributed by atoms with Gasteiger partial charge in [-0.05, 0) is 32.9 Å². The Kier molecular flexibility index (Phi) is 4.22. The van der Waals surface area contributed by atoms with Crippen LogP contribution in [0.2, 0.25) is 0 Å². The number of carbonyl (C=O) groups excluding carboxylic acids is 1. The van der Waals surface area contributed by atoms with Gasteiger partial charge in [0, 0.05) is 11.4 Å². The van der Waals surface area contributed by atoms with E-state index in [1.165, 1.54) is 0 Å². The van der Waals surface area contributed by atoms with E-state index in [1.807, 2.05) is 51.1 Å². The zero-order valence-electron chi connectivity index (χ0n) is 11.6. The van der Waals surface area contributed by atoms with Crippen molar-refractivity contribution < 1.29 is 9.21 Å². The minimum Gasteiger partial charge on any atom is -0.460 e. The SMILES string of the molecule is CC(C)NC(=O)C(C)NCc1cc2ccccc2o1. The molecule has 0 aliphatic rings. The number of amides is 1. The zero-order chi connectivity index (χ0) is 13.8. The van der Waals surface area contributed by atoms with Gasteiger partial charge in [-0.3, -0.25) is 10.1 Å². The second kappa shape index (κ2) is 5.89. The summed E-state index contributed by atoms with van der Waals surface area (Å²) in [5, 5.41) is 7.11. The van der Waals surface area contributed by atoms with E-state index >= 15 is 0 Å². The highest BCUT2D eigenvalue weighted by molar-refractivity contribution is 5.81. The Bertz CT molecular complexity index is 527. The highest BCUT2D eigenvalue weighted by Gasteiger charge is 2.13. The van der Waals surface area contributed by atoms with Gasteiger partial charge in [0.15, 0.2) is 0 Å². The normalized spacial score (nSPS) is 12.8. The fourth-order valence-electron chi connectivity index (χ4n) is 1.88. The van der Waals surface area contributed by atoms with Gasteiger partial charge in [0.05, 0.1) is 12.6 Å². The molecule has 0 radical (unpaired) electrons. The van der Waals surface area contributed by atoms with E-state index < -0.39 is 0 Å². The van der Waals surface area contributed by atoms with Crippen LogP contribution in [0.4, 0.5) is 0 Å². The molecule has 0 spiro atoms. The molecule has 1 aromatic heterocycles. The second-order valence-electron chi connectivity index (χ2n) is 5.02. The van der Waals surface area contributed by atoms with Crippen LogP contribution in [-0.2, 0) is 11.3 Å². The molecule has 2 aromatic rings. The van der Waals surface area contributed by atoms with Crippen molar-refractivity contribution in [2.75, 3.05) is 0 Å². The Morgan fingerprint density at radius 1 is 1.26 bits per heavy atom. The summed E-state index contributed by atoms with van der Waals surface area (Å²) in [6.07, 6.45) is 0. The van der Waals surface area contributed by atoms with Crippen LogP contribution in [0.25, 0.3) is 11.0 Å². The topological polar surface area (TPSA) is 54.3 Å². The van der Waals surface area contributed by atoms with Crippen molar-refractivity contribution in [1.29, 1.82) is 0 Å². The predicted molar refractivity (Wildman–Crippen MR) is 75.8 cm³/mol. The average molecular weight is 260 g/mol. The number of hydrogen-bond acceptors (Lipinski definition) is 3. The summed E-state index contributed by atoms with van der Waals surface area (Å²) in [6.45, 7) is 6.29. The molecule has 0 saturated carbocycles. The molecule has 0 saturated heterocycles. The molecule has 2 N–H and O–H groups in total. The molecule has 0 fully saturated rings. The first kappa shape index (κ1) is 13.6. The molecule has 2 rings (SSSR count). The summed E-state index contributed by atoms with van der Waals surface area (Å²) >= 11 is 0. The molecule has 1 atom stereocenters. The molecule has 4 nitrogen and oxygen atoms in total. The third-order valence-corrected chi connectivity index (χ3v) is 2.88. The molecular formula is C15H20N2O2. The molecule has 1 unspecified atom stereocenters. The smallest absolute Gasteiger partial charge is 0.237 e. The van der Waals surface area contributed by atoms with Crippen molar-refractivity contribution in [3.05, 3.63) is 36.1 Å². The molecule has 0 aliphatic carbocycles. The van der Waals surface area contributed by atoms with Crippen LogP contribution in [0.5, 0.6) is 0 Å². The van der Waals surface area contributed by atoms with Crippen molar-refractivity contribution in [3.8, 4) is 0 Å². The molecule has 19 heavy (non-hydrogen) atoms. The molecule has 1 aromatic carbocycles. The maximum atomic E-state index is 11.7. The van der Waals surface area contributed by atoms with Crippen molar-refractivity contribution in [2.24, 2.45) is 0 Å². The van der Waals surface area contributed by atoms with Gasteiger partial charge in [-0.1, -0.05) is 18.2 Å². The first-order chi connectivity index (χ1) is 9.06. The highest BCUT2D eigenvalue weighted by Crippen LogP contribution is 2.18. The van der Waals surface area contributed by atoms with E-state index in [-0.39, 0.29) is 18.0 Å². The molecule has 1 heterocycles. The fourth-order valence-corrected chi connectivity index (χ4v) is 1.88. The molecule has 4 heteroatoms. The lowest BCUT2D eigenvalue weighted by Gasteiger charge is -2.15. The van der Waals surface area contributed by atoms with Crippen molar-refractivity contribution in [1.82, 2.24) is 10.6 Å². The minimum atomic E-state index is -0.240. The summed E-state index contributed by atoms with van der Waals surface area (Å²) in [7, 11) is 0. The van der Waals surface area contributed by atoms with Crippen molar-refractivity contribution >= 4 is 16.9 Å². The third kappa shape index (κ3) is 3.58. The van der Waals surface area contributed by atoms with E-state index in [0.29, 0.717) is 6.54 Å².